The number of rotatable bonds is 6. The number of carbonyl (C=O) groups excluding carboxylic acids is 4. The van der Waals surface area contributed by atoms with E-state index in [9.17, 15) is 19.2 Å². The zero-order valence-electron chi connectivity index (χ0n) is 23.9. The maximum absolute atomic E-state index is 13.7. The average molecular weight is 560 g/mol. The number of amides is 5. The number of para-hydroxylation sites is 1. The first kappa shape index (κ1) is 28.2. The number of nitrogens with zero attached hydrogens (tertiary/aromatic N) is 2. The van der Waals surface area contributed by atoms with Gasteiger partial charge in [-0.15, -0.1) is 0 Å². The molecule has 3 atom stereocenters. The standard InChI is InChI=1S/C31H37N5O5/c1-19-9-7-10-21(15-19)36-27(37)17-26-24(13-8-14-35(26)30(36)40)33-28(38)25(34-29(39)41-31(2,3)4)16-20-18-32-23-12-6-5-11-22(20)23/h5-7,9-12,15,18,24-26,32H,8,13-14,16-17H2,1-4H3,(H,33,38)(H,34,39)/t24-,25-,26+/m0/s1. The number of hydrogen-bond acceptors (Lipinski definition) is 5. The summed E-state index contributed by atoms with van der Waals surface area (Å²) >= 11 is 0. The van der Waals surface area contributed by atoms with Crippen LogP contribution in [0.1, 0.15) is 51.2 Å². The van der Waals surface area contributed by atoms with Gasteiger partial charge in [0, 0.05) is 36.1 Å². The molecule has 2 fully saturated rings. The molecule has 3 aromatic rings. The molecule has 2 saturated heterocycles. The lowest BCUT2D eigenvalue weighted by Crippen LogP contribution is -2.66. The Kier molecular flexibility index (Phi) is 7.75. The van der Waals surface area contributed by atoms with E-state index in [4.69, 9.17) is 4.74 Å². The van der Waals surface area contributed by atoms with Crippen molar-refractivity contribution >= 4 is 40.5 Å². The molecule has 41 heavy (non-hydrogen) atoms. The van der Waals surface area contributed by atoms with E-state index >= 15 is 0 Å². The van der Waals surface area contributed by atoms with Gasteiger partial charge in [0.2, 0.25) is 11.8 Å². The zero-order valence-corrected chi connectivity index (χ0v) is 23.9. The highest BCUT2D eigenvalue weighted by Gasteiger charge is 2.45. The maximum atomic E-state index is 13.7. The predicted octanol–water partition coefficient (Wildman–Crippen LogP) is 4.42. The lowest BCUT2D eigenvalue weighted by atomic mass is 9.91. The minimum absolute atomic E-state index is 0.0945. The second-order valence-corrected chi connectivity index (χ2v) is 11.8. The molecule has 0 radical (unpaired) electrons. The normalized spacial score (nSPS) is 20.0. The number of imide groups is 1. The number of alkyl carbamates (subject to hydrolysis) is 1. The van der Waals surface area contributed by atoms with E-state index < -0.39 is 35.7 Å². The molecule has 5 amide bonds. The van der Waals surface area contributed by atoms with Gasteiger partial charge in [-0.2, -0.15) is 0 Å². The van der Waals surface area contributed by atoms with E-state index in [0.29, 0.717) is 25.1 Å². The van der Waals surface area contributed by atoms with Gasteiger partial charge in [-0.25, -0.2) is 14.5 Å². The second-order valence-electron chi connectivity index (χ2n) is 11.8. The van der Waals surface area contributed by atoms with Gasteiger partial charge in [0.05, 0.1) is 18.2 Å². The first-order chi connectivity index (χ1) is 19.5. The first-order valence-electron chi connectivity index (χ1n) is 14.1. The molecule has 3 heterocycles. The zero-order chi connectivity index (χ0) is 29.3. The van der Waals surface area contributed by atoms with Crippen LogP contribution >= 0.6 is 0 Å². The van der Waals surface area contributed by atoms with E-state index in [1.165, 1.54) is 4.90 Å². The number of hydrogen-bond donors (Lipinski definition) is 3. The Morgan fingerprint density at radius 2 is 1.90 bits per heavy atom. The molecule has 2 aromatic carbocycles. The number of ether oxygens (including phenoxy) is 1. The summed E-state index contributed by atoms with van der Waals surface area (Å²) in [6.45, 7) is 7.69. The Morgan fingerprint density at radius 3 is 2.66 bits per heavy atom. The third-order valence-electron chi connectivity index (χ3n) is 7.54. The van der Waals surface area contributed by atoms with E-state index in [2.05, 4.69) is 15.6 Å². The summed E-state index contributed by atoms with van der Waals surface area (Å²) in [5.41, 5.74) is 2.57. The first-order valence-corrected chi connectivity index (χ1v) is 14.1. The quantitative estimate of drug-likeness (QED) is 0.413. The summed E-state index contributed by atoms with van der Waals surface area (Å²) in [5.74, 6) is -0.695. The number of aromatic amines is 1. The van der Waals surface area contributed by atoms with Crippen molar-refractivity contribution in [1.82, 2.24) is 20.5 Å². The SMILES string of the molecule is Cc1cccc(N2C(=O)C[C@@H]3[C@@H](NC(=O)[C@H](Cc4c[nH]c5ccccc45)NC(=O)OC(C)(C)C)CCCN3C2=O)c1. The molecule has 0 bridgehead atoms. The molecule has 1 aromatic heterocycles. The second kappa shape index (κ2) is 11.3. The number of aromatic nitrogens is 1. The summed E-state index contributed by atoms with van der Waals surface area (Å²) in [5, 5.41) is 6.77. The minimum Gasteiger partial charge on any atom is -0.444 e. The van der Waals surface area contributed by atoms with E-state index in [1.807, 2.05) is 55.6 Å². The van der Waals surface area contributed by atoms with Crippen LogP contribution in [0.2, 0.25) is 0 Å². The van der Waals surface area contributed by atoms with Gasteiger partial charge in [0.15, 0.2) is 0 Å². The van der Waals surface area contributed by atoms with Crippen molar-refractivity contribution in [2.75, 3.05) is 11.4 Å². The molecule has 0 aliphatic carbocycles. The van der Waals surface area contributed by atoms with Gasteiger partial charge in [-0.1, -0.05) is 30.3 Å². The van der Waals surface area contributed by atoms with Crippen LogP contribution in [0.25, 0.3) is 10.9 Å². The van der Waals surface area contributed by atoms with Crippen LogP contribution in [-0.4, -0.2) is 64.1 Å². The highest BCUT2D eigenvalue weighted by Crippen LogP contribution is 2.30. The number of benzene rings is 2. The highest BCUT2D eigenvalue weighted by atomic mass is 16.6. The maximum Gasteiger partial charge on any atom is 0.408 e. The lowest BCUT2D eigenvalue weighted by Gasteiger charge is -2.46. The van der Waals surface area contributed by atoms with E-state index in [1.54, 1.807) is 31.7 Å². The molecule has 2 aliphatic rings. The minimum atomic E-state index is -0.932. The number of anilines is 1. The number of urea groups is 1. The van der Waals surface area contributed by atoms with Gasteiger partial charge < -0.3 is 25.3 Å². The fourth-order valence-corrected chi connectivity index (χ4v) is 5.70. The number of nitrogens with one attached hydrogen (secondary N) is 3. The van der Waals surface area contributed by atoms with E-state index in [-0.39, 0.29) is 24.8 Å². The van der Waals surface area contributed by atoms with Gasteiger partial charge in [0.1, 0.15) is 11.6 Å². The van der Waals surface area contributed by atoms with Gasteiger partial charge in [-0.3, -0.25) is 9.59 Å². The number of fused-ring (bicyclic) bond motifs is 2. The molecule has 0 saturated carbocycles. The Morgan fingerprint density at radius 1 is 1.12 bits per heavy atom. The Balaban J connectivity index is 1.35. The van der Waals surface area contributed by atoms with Crippen molar-refractivity contribution in [1.29, 1.82) is 0 Å². The molecular weight excluding hydrogens is 522 g/mol. The Bertz CT molecular complexity index is 1470. The van der Waals surface area contributed by atoms with Crippen LogP contribution in [0.15, 0.2) is 54.7 Å². The Hall–Kier alpha value is -4.34. The number of aryl methyl sites for hydroxylation is 1. The van der Waals surface area contributed by atoms with Crippen LogP contribution in [0, 0.1) is 6.92 Å². The summed E-state index contributed by atoms with van der Waals surface area (Å²) < 4.78 is 5.45. The van der Waals surface area contributed by atoms with Crippen molar-refractivity contribution in [2.45, 2.75) is 77.1 Å². The fourth-order valence-electron chi connectivity index (χ4n) is 5.70. The highest BCUT2D eigenvalue weighted by molar-refractivity contribution is 6.16. The largest absolute Gasteiger partial charge is 0.444 e. The van der Waals surface area contributed by atoms with Crippen LogP contribution < -0.4 is 15.5 Å². The third kappa shape index (κ3) is 6.21. The summed E-state index contributed by atoms with van der Waals surface area (Å²) in [6.07, 6.45) is 2.76. The van der Waals surface area contributed by atoms with Gasteiger partial charge in [0.25, 0.3) is 0 Å². The van der Waals surface area contributed by atoms with Crippen LogP contribution in [0.3, 0.4) is 0 Å². The van der Waals surface area contributed by atoms with Crippen LogP contribution in [-0.2, 0) is 20.7 Å². The van der Waals surface area contributed by atoms with Crippen molar-refractivity contribution in [3.63, 3.8) is 0 Å². The number of carbonyl (C=O) groups is 4. The monoisotopic (exact) mass is 559 g/mol. The van der Waals surface area contributed by atoms with Crippen molar-refractivity contribution < 1.29 is 23.9 Å². The summed E-state index contributed by atoms with van der Waals surface area (Å²) in [6, 6.07) is 12.8. The van der Waals surface area contributed by atoms with Crippen molar-refractivity contribution in [2.24, 2.45) is 0 Å². The molecule has 5 rings (SSSR count). The van der Waals surface area contributed by atoms with Crippen molar-refractivity contribution in [3.05, 3.63) is 65.9 Å². The average Bonchev–Trinajstić information content (AvgIpc) is 3.30. The van der Waals surface area contributed by atoms with Crippen LogP contribution in [0.5, 0.6) is 0 Å². The van der Waals surface area contributed by atoms with Gasteiger partial charge >= 0.3 is 12.1 Å². The van der Waals surface area contributed by atoms with Gasteiger partial charge in [-0.05, 0) is 69.9 Å². The molecular formula is C31H37N5O5. The number of H-pyrrole nitrogens is 1. The summed E-state index contributed by atoms with van der Waals surface area (Å²) in [7, 11) is 0. The number of piperidine rings is 1. The molecule has 10 nitrogen and oxygen atoms in total. The van der Waals surface area contributed by atoms with Crippen LogP contribution in [0.4, 0.5) is 15.3 Å². The predicted molar refractivity (Wildman–Crippen MR) is 155 cm³/mol. The smallest absolute Gasteiger partial charge is 0.408 e. The molecule has 0 unspecified atom stereocenters. The topological polar surface area (TPSA) is 124 Å². The fraction of sp³-hybridized carbons (Fsp3) is 0.419. The van der Waals surface area contributed by atoms with Crippen molar-refractivity contribution in [3.8, 4) is 0 Å². The molecule has 2 aliphatic heterocycles. The molecule has 3 N–H and O–H groups in total. The molecule has 216 valence electrons. The summed E-state index contributed by atoms with van der Waals surface area (Å²) in [4.78, 5) is 59.4. The molecule has 10 heteroatoms. The Labute approximate surface area is 239 Å². The lowest BCUT2D eigenvalue weighted by molar-refractivity contribution is -0.126. The van der Waals surface area contributed by atoms with E-state index in [0.717, 1.165) is 22.0 Å². The molecule has 0 spiro atoms. The third-order valence-corrected chi connectivity index (χ3v) is 7.54.